The minimum absolute atomic E-state index is 0.0677. The molecule has 1 atom stereocenters. The zero-order valence-electron chi connectivity index (χ0n) is 11.5. The maximum absolute atomic E-state index is 9.88. The Morgan fingerprint density at radius 2 is 2.06 bits per heavy atom. The van der Waals surface area contributed by atoms with E-state index in [9.17, 15) is 10.2 Å². The Labute approximate surface area is 109 Å². The number of benzene rings is 1. The fourth-order valence-electron chi connectivity index (χ4n) is 1.52. The maximum Gasteiger partial charge on any atom is 0.124 e. The van der Waals surface area contributed by atoms with E-state index in [4.69, 9.17) is 4.74 Å². The number of nitrogens with one attached hydrogen (secondary N) is 1. The summed E-state index contributed by atoms with van der Waals surface area (Å²) in [6, 6.07) is 5.45. The molecule has 102 valence electrons. The Bertz CT molecular complexity index is 385. The van der Waals surface area contributed by atoms with Crippen molar-refractivity contribution < 1.29 is 14.9 Å². The first kappa shape index (κ1) is 14.8. The van der Waals surface area contributed by atoms with Crippen molar-refractivity contribution in [3.63, 3.8) is 0 Å². The molecule has 0 spiro atoms. The molecule has 0 fully saturated rings. The van der Waals surface area contributed by atoms with Gasteiger partial charge in [-0.15, -0.1) is 0 Å². The first-order valence-corrected chi connectivity index (χ1v) is 6.24. The van der Waals surface area contributed by atoms with Crippen molar-refractivity contribution in [2.24, 2.45) is 0 Å². The van der Waals surface area contributed by atoms with Gasteiger partial charge in [0.25, 0.3) is 0 Å². The molecule has 0 aromatic heterocycles. The largest absolute Gasteiger partial charge is 0.494 e. The quantitative estimate of drug-likeness (QED) is 0.727. The lowest BCUT2D eigenvalue weighted by molar-refractivity contribution is 0.0649. The van der Waals surface area contributed by atoms with Gasteiger partial charge in [-0.25, -0.2) is 0 Å². The summed E-state index contributed by atoms with van der Waals surface area (Å²) in [5, 5.41) is 22.4. The topological polar surface area (TPSA) is 61.7 Å². The average molecular weight is 253 g/mol. The maximum atomic E-state index is 9.88. The molecule has 1 unspecified atom stereocenters. The van der Waals surface area contributed by atoms with Crippen molar-refractivity contribution in [3.05, 3.63) is 23.8 Å². The Morgan fingerprint density at radius 3 is 2.56 bits per heavy atom. The first-order valence-electron chi connectivity index (χ1n) is 6.24. The van der Waals surface area contributed by atoms with Crippen LogP contribution < -0.4 is 10.1 Å². The molecule has 3 N–H and O–H groups in total. The van der Waals surface area contributed by atoms with Crippen LogP contribution in [-0.4, -0.2) is 28.5 Å². The highest BCUT2D eigenvalue weighted by atomic mass is 16.5. The molecule has 0 heterocycles. The molecular weight excluding hydrogens is 230 g/mol. The van der Waals surface area contributed by atoms with E-state index in [1.165, 1.54) is 0 Å². The zero-order valence-corrected chi connectivity index (χ0v) is 11.5. The summed E-state index contributed by atoms with van der Waals surface area (Å²) in [5.41, 5.74) is 0.791. The third-order valence-electron chi connectivity index (χ3n) is 2.97. The summed E-state index contributed by atoms with van der Waals surface area (Å²) in [6.07, 6.45) is 0. The van der Waals surface area contributed by atoms with Gasteiger partial charge in [-0.3, -0.25) is 0 Å². The highest BCUT2D eigenvalue weighted by Crippen LogP contribution is 2.24. The summed E-state index contributed by atoms with van der Waals surface area (Å²) in [4.78, 5) is 0. The highest BCUT2D eigenvalue weighted by molar-refractivity contribution is 5.51. The predicted octanol–water partition coefficient (Wildman–Crippen LogP) is 2.15. The van der Waals surface area contributed by atoms with E-state index in [-0.39, 0.29) is 12.6 Å². The number of aliphatic hydroxyl groups is 2. The van der Waals surface area contributed by atoms with Gasteiger partial charge in [-0.1, -0.05) is 0 Å². The number of ether oxygens (including phenoxy) is 1. The van der Waals surface area contributed by atoms with Crippen molar-refractivity contribution >= 4 is 5.69 Å². The number of hydrogen-bond donors (Lipinski definition) is 3. The molecule has 0 saturated heterocycles. The van der Waals surface area contributed by atoms with Crippen LogP contribution in [0.2, 0.25) is 0 Å². The molecular formula is C14H23NO3. The molecule has 0 saturated carbocycles. The lowest BCUT2D eigenvalue weighted by Crippen LogP contribution is -2.39. The molecule has 18 heavy (non-hydrogen) atoms. The van der Waals surface area contributed by atoms with Crippen LogP contribution in [0.4, 0.5) is 5.69 Å². The van der Waals surface area contributed by atoms with E-state index in [0.29, 0.717) is 12.4 Å². The second-order valence-corrected chi connectivity index (χ2v) is 4.93. The zero-order chi connectivity index (χ0) is 13.8. The minimum Gasteiger partial charge on any atom is -0.494 e. The average Bonchev–Trinajstić information content (AvgIpc) is 2.30. The summed E-state index contributed by atoms with van der Waals surface area (Å²) in [5.74, 6) is 0.696. The van der Waals surface area contributed by atoms with Crippen LogP contribution in [0, 0.1) is 0 Å². The molecule has 0 radical (unpaired) electrons. The van der Waals surface area contributed by atoms with Crippen molar-refractivity contribution in [3.8, 4) is 5.75 Å². The molecule has 0 aliphatic heterocycles. The molecule has 1 rings (SSSR count). The van der Waals surface area contributed by atoms with Gasteiger partial charge in [-0.2, -0.15) is 0 Å². The van der Waals surface area contributed by atoms with Gasteiger partial charge in [0.15, 0.2) is 0 Å². The van der Waals surface area contributed by atoms with Gasteiger partial charge in [-0.05, 0) is 45.9 Å². The van der Waals surface area contributed by atoms with Gasteiger partial charge in [0, 0.05) is 11.3 Å². The Kier molecular flexibility index (Phi) is 4.99. The van der Waals surface area contributed by atoms with Crippen LogP contribution in [0.25, 0.3) is 0 Å². The number of anilines is 1. The smallest absolute Gasteiger partial charge is 0.124 e. The summed E-state index contributed by atoms with van der Waals surface area (Å²) >= 11 is 0. The molecule has 0 bridgehead atoms. The Hall–Kier alpha value is -1.26. The monoisotopic (exact) mass is 253 g/mol. The summed E-state index contributed by atoms with van der Waals surface area (Å²) < 4.78 is 5.42. The van der Waals surface area contributed by atoms with Crippen molar-refractivity contribution in [2.75, 3.05) is 11.9 Å². The second kappa shape index (κ2) is 6.07. The molecule has 1 aromatic carbocycles. The molecule has 0 aliphatic carbocycles. The van der Waals surface area contributed by atoms with Crippen LogP contribution >= 0.6 is 0 Å². The fraction of sp³-hybridized carbons (Fsp3) is 0.571. The van der Waals surface area contributed by atoms with Crippen LogP contribution in [0.15, 0.2) is 18.2 Å². The van der Waals surface area contributed by atoms with Crippen LogP contribution in [0.1, 0.15) is 33.3 Å². The van der Waals surface area contributed by atoms with Crippen molar-refractivity contribution in [1.82, 2.24) is 0 Å². The number of rotatable bonds is 6. The van der Waals surface area contributed by atoms with E-state index in [0.717, 1.165) is 11.3 Å². The standard InChI is InChI=1S/C14H23NO3/c1-5-18-13-7-6-12(8-11(13)9-16)15-10(2)14(3,4)17/h6-8,10,15-17H,5,9H2,1-4H3. The van der Waals surface area contributed by atoms with Gasteiger partial charge in [0.1, 0.15) is 5.75 Å². The Balaban J connectivity index is 2.85. The molecule has 4 heteroatoms. The summed E-state index contributed by atoms with van der Waals surface area (Å²) in [7, 11) is 0. The van der Waals surface area contributed by atoms with E-state index in [2.05, 4.69) is 5.32 Å². The van der Waals surface area contributed by atoms with Crippen molar-refractivity contribution in [2.45, 2.75) is 45.9 Å². The summed E-state index contributed by atoms with van der Waals surface area (Å²) in [6.45, 7) is 7.83. The Morgan fingerprint density at radius 1 is 1.39 bits per heavy atom. The normalized spacial score (nSPS) is 13.2. The fourth-order valence-corrected chi connectivity index (χ4v) is 1.52. The third kappa shape index (κ3) is 3.89. The predicted molar refractivity (Wildman–Crippen MR) is 72.9 cm³/mol. The molecule has 4 nitrogen and oxygen atoms in total. The van der Waals surface area contributed by atoms with E-state index >= 15 is 0 Å². The van der Waals surface area contributed by atoms with Crippen LogP contribution in [0.3, 0.4) is 0 Å². The van der Waals surface area contributed by atoms with Crippen LogP contribution in [-0.2, 0) is 6.61 Å². The van der Waals surface area contributed by atoms with E-state index in [1.807, 2.05) is 32.0 Å². The van der Waals surface area contributed by atoms with Gasteiger partial charge in [0.05, 0.1) is 24.9 Å². The number of hydrogen-bond acceptors (Lipinski definition) is 4. The van der Waals surface area contributed by atoms with Gasteiger partial charge in [0.2, 0.25) is 0 Å². The van der Waals surface area contributed by atoms with Crippen LogP contribution in [0.5, 0.6) is 5.75 Å². The highest BCUT2D eigenvalue weighted by Gasteiger charge is 2.22. The second-order valence-electron chi connectivity index (χ2n) is 4.93. The third-order valence-corrected chi connectivity index (χ3v) is 2.97. The lowest BCUT2D eigenvalue weighted by atomic mass is 10.0. The molecule has 1 aromatic rings. The molecule has 0 aliphatic rings. The SMILES string of the molecule is CCOc1ccc(NC(C)C(C)(C)O)cc1CO. The molecule has 0 amide bonds. The van der Waals surface area contributed by atoms with E-state index < -0.39 is 5.60 Å². The first-order chi connectivity index (χ1) is 8.38. The van der Waals surface area contributed by atoms with Gasteiger partial charge < -0.3 is 20.3 Å². The van der Waals surface area contributed by atoms with Gasteiger partial charge >= 0.3 is 0 Å². The number of aliphatic hydroxyl groups excluding tert-OH is 1. The van der Waals surface area contributed by atoms with Crippen molar-refractivity contribution in [1.29, 1.82) is 0 Å². The lowest BCUT2D eigenvalue weighted by Gasteiger charge is -2.28. The van der Waals surface area contributed by atoms with E-state index in [1.54, 1.807) is 13.8 Å². The minimum atomic E-state index is -0.808.